The largest absolute Gasteiger partial charge is 0.494 e. The van der Waals surface area contributed by atoms with Crippen molar-refractivity contribution in [1.29, 1.82) is 0 Å². The summed E-state index contributed by atoms with van der Waals surface area (Å²) < 4.78 is 6.86. The SMILES string of the molecule is COc1cc(NC(=O)c2nn(C)c(C)c2Cl)ccc1NC(=O)CC(C)C. The van der Waals surface area contributed by atoms with Gasteiger partial charge in [0, 0.05) is 25.2 Å². The number of aryl methyl sites for hydroxylation is 1. The average Bonchev–Trinajstić information content (AvgIpc) is 2.83. The van der Waals surface area contributed by atoms with Crippen molar-refractivity contribution in [2.45, 2.75) is 27.2 Å². The molecule has 8 heteroatoms. The van der Waals surface area contributed by atoms with E-state index in [0.717, 1.165) is 0 Å². The molecule has 0 spiro atoms. The Hall–Kier alpha value is -2.54. The quantitative estimate of drug-likeness (QED) is 0.803. The first kappa shape index (κ1) is 19.8. The van der Waals surface area contributed by atoms with Gasteiger partial charge in [0.1, 0.15) is 5.75 Å². The second-order valence-corrected chi connectivity index (χ2v) is 6.76. The van der Waals surface area contributed by atoms with Crippen LogP contribution in [0.5, 0.6) is 5.75 Å². The third-order valence-corrected chi connectivity index (χ3v) is 4.26. The molecule has 0 fully saturated rings. The summed E-state index contributed by atoms with van der Waals surface area (Å²) in [7, 11) is 3.22. The maximum Gasteiger partial charge on any atom is 0.277 e. The van der Waals surface area contributed by atoms with Gasteiger partial charge in [-0.05, 0) is 25.0 Å². The van der Waals surface area contributed by atoms with Crippen LogP contribution >= 0.6 is 11.6 Å². The minimum absolute atomic E-state index is 0.0918. The van der Waals surface area contributed by atoms with E-state index >= 15 is 0 Å². The number of benzene rings is 1. The van der Waals surface area contributed by atoms with Crippen molar-refractivity contribution in [1.82, 2.24) is 9.78 Å². The smallest absolute Gasteiger partial charge is 0.277 e. The molecule has 2 rings (SSSR count). The van der Waals surface area contributed by atoms with Gasteiger partial charge in [-0.1, -0.05) is 25.4 Å². The molecule has 1 heterocycles. The van der Waals surface area contributed by atoms with Crippen LogP contribution in [0.15, 0.2) is 18.2 Å². The number of amides is 2. The molecule has 0 radical (unpaired) electrons. The number of rotatable bonds is 6. The molecular weight excluding hydrogens is 356 g/mol. The van der Waals surface area contributed by atoms with Crippen molar-refractivity contribution in [3.05, 3.63) is 34.6 Å². The van der Waals surface area contributed by atoms with Crippen LogP contribution in [0.2, 0.25) is 5.02 Å². The highest BCUT2D eigenvalue weighted by molar-refractivity contribution is 6.34. The van der Waals surface area contributed by atoms with Gasteiger partial charge in [-0.15, -0.1) is 0 Å². The van der Waals surface area contributed by atoms with Crippen molar-refractivity contribution in [3.8, 4) is 5.75 Å². The topological polar surface area (TPSA) is 85.2 Å². The summed E-state index contributed by atoms with van der Waals surface area (Å²) in [5.41, 5.74) is 1.91. The first-order valence-corrected chi connectivity index (χ1v) is 8.59. The number of carbonyl (C=O) groups is 2. The lowest BCUT2D eigenvalue weighted by Gasteiger charge is -2.13. The number of hydrogen-bond donors (Lipinski definition) is 2. The number of aromatic nitrogens is 2. The Balaban J connectivity index is 2.17. The molecule has 140 valence electrons. The third kappa shape index (κ3) is 4.54. The Morgan fingerprint density at radius 1 is 1.31 bits per heavy atom. The van der Waals surface area contributed by atoms with Gasteiger partial charge < -0.3 is 15.4 Å². The predicted molar refractivity (Wildman–Crippen MR) is 102 cm³/mol. The highest BCUT2D eigenvalue weighted by Crippen LogP contribution is 2.29. The van der Waals surface area contributed by atoms with Gasteiger partial charge in [0.25, 0.3) is 5.91 Å². The molecule has 2 N–H and O–H groups in total. The zero-order chi connectivity index (χ0) is 19.4. The van der Waals surface area contributed by atoms with E-state index in [1.807, 2.05) is 13.8 Å². The zero-order valence-corrected chi connectivity index (χ0v) is 16.3. The fourth-order valence-electron chi connectivity index (χ4n) is 2.36. The molecule has 0 saturated carbocycles. The van der Waals surface area contributed by atoms with Crippen LogP contribution < -0.4 is 15.4 Å². The summed E-state index contributed by atoms with van der Waals surface area (Å²) >= 11 is 6.14. The van der Waals surface area contributed by atoms with Crippen LogP contribution in [0.25, 0.3) is 0 Å². The van der Waals surface area contributed by atoms with Crippen molar-refractivity contribution >= 4 is 34.8 Å². The van der Waals surface area contributed by atoms with E-state index < -0.39 is 5.91 Å². The predicted octanol–water partition coefficient (Wildman–Crippen LogP) is 3.63. The average molecular weight is 379 g/mol. The molecule has 1 aromatic heterocycles. The molecule has 7 nitrogen and oxygen atoms in total. The number of carbonyl (C=O) groups excluding carboxylic acids is 2. The molecule has 1 aromatic carbocycles. The molecule has 0 saturated heterocycles. The van der Waals surface area contributed by atoms with Gasteiger partial charge >= 0.3 is 0 Å². The standard InChI is InChI=1S/C18H23ClN4O3/c1-10(2)8-15(24)21-13-7-6-12(9-14(13)26-5)20-18(25)17-16(19)11(3)23(4)22-17/h6-7,9-10H,8H2,1-5H3,(H,20,25)(H,21,24). The fourth-order valence-corrected chi connectivity index (χ4v) is 2.61. The minimum Gasteiger partial charge on any atom is -0.494 e. The molecule has 0 unspecified atom stereocenters. The molecule has 0 aliphatic rings. The molecule has 2 aromatic rings. The molecule has 0 aliphatic carbocycles. The Labute approximate surface area is 157 Å². The van der Waals surface area contributed by atoms with Crippen LogP contribution in [-0.2, 0) is 11.8 Å². The zero-order valence-electron chi connectivity index (χ0n) is 15.5. The van der Waals surface area contributed by atoms with Gasteiger partial charge in [0.15, 0.2) is 5.69 Å². The van der Waals surface area contributed by atoms with Crippen molar-refractivity contribution in [3.63, 3.8) is 0 Å². The van der Waals surface area contributed by atoms with Crippen molar-refractivity contribution < 1.29 is 14.3 Å². The van der Waals surface area contributed by atoms with E-state index in [1.54, 1.807) is 36.9 Å². The number of nitrogens with one attached hydrogen (secondary N) is 2. The van der Waals surface area contributed by atoms with Crippen LogP contribution in [0.3, 0.4) is 0 Å². The molecular formula is C18H23ClN4O3. The number of ether oxygens (including phenoxy) is 1. The number of anilines is 2. The third-order valence-electron chi connectivity index (χ3n) is 3.80. The van der Waals surface area contributed by atoms with Crippen molar-refractivity contribution in [2.75, 3.05) is 17.7 Å². The second kappa shape index (κ2) is 8.23. The van der Waals surface area contributed by atoms with Crippen LogP contribution in [0, 0.1) is 12.8 Å². The second-order valence-electron chi connectivity index (χ2n) is 6.39. The van der Waals surface area contributed by atoms with Crippen molar-refractivity contribution in [2.24, 2.45) is 13.0 Å². The molecule has 26 heavy (non-hydrogen) atoms. The number of hydrogen-bond acceptors (Lipinski definition) is 4. The Bertz CT molecular complexity index is 830. The van der Waals surface area contributed by atoms with E-state index in [9.17, 15) is 9.59 Å². The molecule has 0 aliphatic heterocycles. The first-order chi connectivity index (χ1) is 12.2. The summed E-state index contributed by atoms with van der Waals surface area (Å²) in [5.74, 6) is 0.192. The summed E-state index contributed by atoms with van der Waals surface area (Å²) in [6, 6.07) is 4.99. The summed E-state index contributed by atoms with van der Waals surface area (Å²) in [4.78, 5) is 24.4. The van der Waals surface area contributed by atoms with E-state index in [1.165, 1.54) is 7.11 Å². The Morgan fingerprint density at radius 3 is 2.54 bits per heavy atom. The maximum atomic E-state index is 12.4. The Kier molecular flexibility index (Phi) is 6.26. The minimum atomic E-state index is -0.419. The summed E-state index contributed by atoms with van der Waals surface area (Å²) in [6.45, 7) is 5.73. The molecule has 2 amide bonds. The van der Waals surface area contributed by atoms with Gasteiger partial charge in [-0.25, -0.2) is 0 Å². The number of methoxy groups -OCH3 is 1. The maximum absolute atomic E-state index is 12.4. The first-order valence-electron chi connectivity index (χ1n) is 8.21. The Morgan fingerprint density at radius 2 is 2.00 bits per heavy atom. The molecule has 0 atom stereocenters. The lowest BCUT2D eigenvalue weighted by molar-refractivity contribution is -0.116. The van der Waals surface area contributed by atoms with E-state index in [2.05, 4.69) is 15.7 Å². The number of nitrogens with zero attached hydrogens (tertiary/aromatic N) is 2. The van der Waals surface area contributed by atoms with E-state index in [0.29, 0.717) is 34.3 Å². The fraction of sp³-hybridized carbons (Fsp3) is 0.389. The van der Waals surface area contributed by atoms with E-state index in [-0.39, 0.29) is 17.5 Å². The lowest BCUT2D eigenvalue weighted by Crippen LogP contribution is -2.15. The monoisotopic (exact) mass is 378 g/mol. The van der Waals surface area contributed by atoms with Gasteiger partial charge in [0.2, 0.25) is 5.91 Å². The highest BCUT2D eigenvalue weighted by atomic mass is 35.5. The van der Waals surface area contributed by atoms with Gasteiger partial charge in [-0.3, -0.25) is 14.3 Å². The van der Waals surface area contributed by atoms with Crippen LogP contribution in [0.4, 0.5) is 11.4 Å². The normalized spacial score (nSPS) is 10.7. The van der Waals surface area contributed by atoms with Crippen LogP contribution in [0.1, 0.15) is 36.5 Å². The van der Waals surface area contributed by atoms with E-state index in [4.69, 9.17) is 16.3 Å². The highest BCUT2D eigenvalue weighted by Gasteiger charge is 2.19. The summed E-state index contributed by atoms with van der Waals surface area (Å²) in [5, 5.41) is 9.98. The van der Waals surface area contributed by atoms with Crippen LogP contribution in [-0.4, -0.2) is 28.7 Å². The molecule has 0 bridgehead atoms. The van der Waals surface area contributed by atoms with Gasteiger partial charge in [-0.2, -0.15) is 5.10 Å². The van der Waals surface area contributed by atoms with Gasteiger partial charge in [0.05, 0.1) is 23.5 Å². The number of halogens is 1. The lowest BCUT2D eigenvalue weighted by atomic mass is 10.1. The summed E-state index contributed by atoms with van der Waals surface area (Å²) in [6.07, 6.45) is 0.416.